The highest BCUT2D eigenvalue weighted by molar-refractivity contribution is 7.17. The lowest BCUT2D eigenvalue weighted by molar-refractivity contribution is -0.116. The number of amides is 1. The van der Waals surface area contributed by atoms with Crippen LogP contribution in [0.15, 0.2) is 53.9 Å². The van der Waals surface area contributed by atoms with Gasteiger partial charge < -0.3 is 19.9 Å². The predicted octanol–water partition coefficient (Wildman–Crippen LogP) is 3.99. The molecule has 0 fully saturated rings. The van der Waals surface area contributed by atoms with Gasteiger partial charge in [-0.05, 0) is 66.4 Å². The molecule has 0 saturated heterocycles. The molecule has 6 nitrogen and oxygen atoms in total. The van der Waals surface area contributed by atoms with E-state index in [0.29, 0.717) is 17.9 Å². The number of phenols is 1. The number of Topliss-reactive ketones (excluding diaryl/α,β-unsaturated/α-hetero) is 1. The minimum atomic E-state index is -0.375. The molecule has 1 heterocycles. The van der Waals surface area contributed by atoms with E-state index >= 15 is 0 Å². The fourth-order valence-electron chi connectivity index (χ4n) is 2.61. The molecule has 29 heavy (non-hydrogen) atoms. The third-order valence-electron chi connectivity index (χ3n) is 4.10. The fraction of sp³-hybridized carbons (Fsp3) is 0.182. The van der Waals surface area contributed by atoms with E-state index in [1.807, 2.05) is 30.5 Å². The van der Waals surface area contributed by atoms with Crippen molar-refractivity contribution in [2.75, 3.05) is 19.9 Å². The van der Waals surface area contributed by atoms with Crippen LogP contribution in [0.25, 0.3) is 16.2 Å². The fourth-order valence-corrected chi connectivity index (χ4v) is 3.46. The molecular weight excluding hydrogens is 390 g/mol. The van der Waals surface area contributed by atoms with Crippen molar-refractivity contribution in [3.05, 3.63) is 65.0 Å². The maximum atomic E-state index is 12.1. The predicted molar refractivity (Wildman–Crippen MR) is 113 cm³/mol. The van der Waals surface area contributed by atoms with Gasteiger partial charge in [-0.2, -0.15) is 0 Å². The molecule has 0 spiro atoms. The van der Waals surface area contributed by atoms with Crippen molar-refractivity contribution in [2.45, 2.75) is 6.92 Å². The summed E-state index contributed by atoms with van der Waals surface area (Å²) in [6.45, 7) is 2.50. The average Bonchev–Trinajstić information content (AvgIpc) is 3.20. The maximum Gasteiger partial charge on any atom is 0.244 e. The normalized spacial score (nSPS) is 11.1. The van der Waals surface area contributed by atoms with Crippen molar-refractivity contribution in [3.63, 3.8) is 0 Å². The summed E-state index contributed by atoms with van der Waals surface area (Å²) in [5, 5.41) is 14.8. The number of hydrogen-bond acceptors (Lipinski definition) is 6. The van der Waals surface area contributed by atoms with Gasteiger partial charge in [-0.25, -0.2) is 0 Å². The van der Waals surface area contributed by atoms with E-state index in [2.05, 4.69) is 5.32 Å². The summed E-state index contributed by atoms with van der Waals surface area (Å²) in [6, 6.07) is 11.7. The molecule has 0 unspecified atom stereocenters. The summed E-state index contributed by atoms with van der Waals surface area (Å²) in [7, 11) is 0. The standard InChI is InChI=1S/C22H21NO5S/c1-2-27-14-28-20-11-15(12-21-18(20)9-10-29-21)3-8-22(26)23-13-19(25)16-4-6-17(24)7-5-16/h3-12,24H,2,13-14H2,1H3,(H,23,26)/b8-3+. The van der Waals surface area contributed by atoms with Crippen LogP contribution in [0, 0.1) is 0 Å². The lowest BCUT2D eigenvalue weighted by Crippen LogP contribution is -2.27. The van der Waals surface area contributed by atoms with Gasteiger partial charge in [-0.3, -0.25) is 9.59 Å². The summed E-state index contributed by atoms with van der Waals surface area (Å²) in [6.07, 6.45) is 3.05. The first-order chi connectivity index (χ1) is 14.1. The van der Waals surface area contributed by atoms with Crippen molar-refractivity contribution in [1.29, 1.82) is 0 Å². The molecule has 3 rings (SSSR count). The van der Waals surface area contributed by atoms with E-state index in [1.165, 1.54) is 30.3 Å². The smallest absolute Gasteiger partial charge is 0.244 e. The topological polar surface area (TPSA) is 84.9 Å². The Morgan fingerprint density at radius 2 is 1.97 bits per heavy atom. The van der Waals surface area contributed by atoms with Crippen LogP contribution >= 0.6 is 11.3 Å². The molecule has 3 aromatic rings. The van der Waals surface area contributed by atoms with Crippen LogP contribution in [0.1, 0.15) is 22.8 Å². The summed E-state index contributed by atoms with van der Waals surface area (Å²) in [5.41, 5.74) is 1.23. The number of phenolic OH excluding ortho intramolecular Hbond substituents is 1. The van der Waals surface area contributed by atoms with Crippen LogP contribution in [0.3, 0.4) is 0 Å². The number of carbonyl (C=O) groups is 2. The quantitative estimate of drug-likeness (QED) is 0.241. The zero-order valence-corrected chi connectivity index (χ0v) is 16.7. The molecule has 150 valence electrons. The number of hydrogen-bond donors (Lipinski definition) is 2. The summed E-state index contributed by atoms with van der Waals surface area (Å²) >= 11 is 1.58. The van der Waals surface area contributed by atoms with E-state index in [4.69, 9.17) is 9.47 Å². The summed E-state index contributed by atoms with van der Waals surface area (Å²) in [4.78, 5) is 24.2. The van der Waals surface area contributed by atoms with Crippen molar-refractivity contribution in [2.24, 2.45) is 0 Å². The number of thiophene rings is 1. The Kier molecular flexibility index (Phi) is 6.99. The Morgan fingerprint density at radius 1 is 1.17 bits per heavy atom. The number of nitrogens with one attached hydrogen (secondary N) is 1. The SMILES string of the molecule is CCOCOc1cc(/C=C/C(=O)NCC(=O)c2ccc(O)cc2)cc2sccc12. The van der Waals surface area contributed by atoms with Crippen LogP contribution in [0.4, 0.5) is 0 Å². The van der Waals surface area contributed by atoms with Gasteiger partial charge in [-0.1, -0.05) is 0 Å². The van der Waals surface area contributed by atoms with Crippen LogP contribution in [-0.2, 0) is 9.53 Å². The molecule has 0 atom stereocenters. The molecule has 0 aliphatic carbocycles. The van der Waals surface area contributed by atoms with Gasteiger partial charge in [0.2, 0.25) is 5.91 Å². The lowest BCUT2D eigenvalue weighted by Gasteiger charge is -2.08. The second-order valence-corrected chi connectivity index (χ2v) is 7.08. The van der Waals surface area contributed by atoms with Crippen molar-refractivity contribution < 1.29 is 24.2 Å². The van der Waals surface area contributed by atoms with Gasteiger partial charge in [0.1, 0.15) is 11.5 Å². The zero-order chi connectivity index (χ0) is 20.6. The molecule has 0 bridgehead atoms. The van der Waals surface area contributed by atoms with E-state index < -0.39 is 0 Å². The minimum Gasteiger partial charge on any atom is -0.508 e. The lowest BCUT2D eigenvalue weighted by atomic mass is 10.1. The Bertz CT molecular complexity index is 1020. The Hall–Kier alpha value is -3.16. The minimum absolute atomic E-state index is 0.0841. The first-order valence-electron chi connectivity index (χ1n) is 9.06. The number of rotatable bonds is 9. The van der Waals surface area contributed by atoms with Gasteiger partial charge >= 0.3 is 0 Å². The number of aromatic hydroxyl groups is 1. The van der Waals surface area contributed by atoms with E-state index in [-0.39, 0.29) is 30.8 Å². The highest BCUT2D eigenvalue weighted by Crippen LogP contribution is 2.32. The largest absolute Gasteiger partial charge is 0.508 e. The zero-order valence-electron chi connectivity index (χ0n) is 15.9. The first-order valence-corrected chi connectivity index (χ1v) is 9.94. The average molecular weight is 411 g/mol. The van der Waals surface area contributed by atoms with E-state index in [9.17, 15) is 14.7 Å². The van der Waals surface area contributed by atoms with Crippen molar-refractivity contribution in [3.8, 4) is 11.5 Å². The highest BCUT2D eigenvalue weighted by Gasteiger charge is 2.08. The molecule has 1 aromatic heterocycles. The molecule has 2 N–H and O–H groups in total. The number of ketones is 1. The highest BCUT2D eigenvalue weighted by atomic mass is 32.1. The molecule has 1 amide bonds. The third-order valence-corrected chi connectivity index (χ3v) is 4.96. The molecule has 0 aliphatic rings. The van der Waals surface area contributed by atoms with Crippen LogP contribution < -0.4 is 10.1 Å². The summed E-state index contributed by atoms with van der Waals surface area (Å²) < 4.78 is 12.0. The van der Waals surface area contributed by atoms with Crippen molar-refractivity contribution in [1.82, 2.24) is 5.32 Å². The molecule has 2 aromatic carbocycles. The molecule has 0 saturated carbocycles. The monoisotopic (exact) mass is 411 g/mol. The molecule has 0 aliphatic heterocycles. The number of carbonyl (C=O) groups excluding carboxylic acids is 2. The molecule has 0 radical (unpaired) electrons. The van der Waals surface area contributed by atoms with E-state index in [0.717, 1.165) is 15.6 Å². The van der Waals surface area contributed by atoms with Gasteiger partial charge in [0.15, 0.2) is 12.6 Å². The van der Waals surface area contributed by atoms with Crippen LogP contribution in [0.2, 0.25) is 0 Å². The van der Waals surface area contributed by atoms with Gasteiger partial charge in [-0.15, -0.1) is 11.3 Å². The Balaban J connectivity index is 1.62. The number of fused-ring (bicyclic) bond motifs is 1. The third kappa shape index (κ3) is 5.66. The number of benzene rings is 2. The second-order valence-electron chi connectivity index (χ2n) is 6.13. The second kappa shape index (κ2) is 9.86. The van der Waals surface area contributed by atoms with Crippen LogP contribution in [-0.4, -0.2) is 36.7 Å². The van der Waals surface area contributed by atoms with Crippen molar-refractivity contribution >= 4 is 39.2 Å². The first kappa shape index (κ1) is 20.6. The van der Waals surface area contributed by atoms with Gasteiger partial charge in [0, 0.05) is 28.3 Å². The number of ether oxygens (including phenoxy) is 2. The summed E-state index contributed by atoms with van der Waals surface area (Å²) in [5.74, 6) is 0.166. The van der Waals surface area contributed by atoms with Crippen LogP contribution in [0.5, 0.6) is 11.5 Å². The molecule has 7 heteroatoms. The van der Waals surface area contributed by atoms with E-state index in [1.54, 1.807) is 17.4 Å². The van der Waals surface area contributed by atoms with Gasteiger partial charge in [0.25, 0.3) is 0 Å². The Morgan fingerprint density at radius 3 is 2.72 bits per heavy atom. The Labute approximate surface area is 172 Å². The molecular formula is C22H21NO5S. The van der Waals surface area contributed by atoms with Gasteiger partial charge in [0.05, 0.1) is 6.54 Å². The maximum absolute atomic E-state index is 12.1.